The van der Waals surface area contributed by atoms with E-state index >= 15 is 0 Å². The van der Waals surface area contributed by atoms with Gasteiger partial charge >= 0.3 is 5.97 Å². The van der Waals surface area contributed by atoms with E-state index in [4.69, 9.17) is 4.74 Å². The van der Waals surface area contributed by atoms with Gasteiger partial charge in [-0.25, -0.2) is 9.78 Å². The lowest BCUT2D eigenvalue weighted by atomic mass is 10.3. The number of carbonyl (C=O) groups is 1. The quantitative estimate of drug-likeness (QED) is 0.833. The summed E-state index contributed by atoms with van der Waals surface area (Å²) >= 11 is 1.59. The number of H-pyrrole nitrogens is 1. The number of nitrogens with zero attached hydrogens (tertiary/aromatic N) is 1. The molecule has 0 bridgehead atoms. The third-order valence-corrected chi connectivity index (χ3v) is 2.98. The van der Waals surface area contributed by atoms with Crippen molar-refractivity contribution in [2.75, 3.05) is 6.61 Å². The standard InChI is InChI=1S/C11H12N2O2S/c1-3-15-11(14)10-12-7(2)9(13-10)8-5-4-6-16-8/h4-6H,3H2,1-2H3,(H,12,13). The highest BCUT2D eigenvalue weighted by Gasteiger charge is 2.15. The first kappa shape index (κ1) is 10.9. The number of nitrogens with one attached hydrogen (secondary N) is 1. The molecule has 0 spiro atoms. The fourth-order valence-electron chi connectivity index (χ4n) is 1.41. The van der Waals surface area contributed by atoms with Gasteiger partial charge in [-0.2, -0.15) is 0 Å². The average Bonchev–Trinajstić information content (AvgIpc) is 2.86. The Labute approximate surface area is 97.3 Å². The van der Waals surface area contributed by atoms with Gasteiger partial charge in [0, 0.05) is 5.69 Å². The second kappa shape index (κ2) is 4.49. The smallest absolute Gasteiger partial charge is 0.374 e. The van der Waals surface area contributed by atoms with Crippen LogP contribution >= 0.6 is 11.3 Å². The second-order valence-corrected chi connectivity index (χ2v) is 4.20. The first-order valence-electron chi connectivity index (χ1n) is 5.00. The molecule has 0 unspecified atom stereocenters. The Hall–Kier alpha value is -1.62. The molecule has 0 aromatic carbocycles. The van der Waals surface area contributed by atoms with Crippen LogP contribution in [0.4, 0.5) is 0 Å². The monoisotopic (exact) mass is 236 g/mol. The zero-order valence-corrected chi connectivity index (χ0v) is 9.93. The molecule has 0 aliphatic heterocycles. The second-order valence-electron chi connectivity index (χ2n) is 3.26. The molecule has 0 aliphatic carbocycles. The summed E-state index contributed by atoms with van der Waals surface area (Å²) in [7, 11) is 0. The van der Waals surface area contributed by atoms with Gasteiger partial charge in [-0.3, -0.25) is 0 Å². The van der Waals surface area contributed by atoms with Crippen LogP contribution in [0.25, 0.3) is 10.6 Å². The Kier molecular flexibility index (Phi) is 3.05. The fourth-order valence-corrected chi connectivity index (χ4v) is 2.18. The normalized spacial score (nSPS) is 10.4. The summed E-state index contributed by atoms with van der Waals surface area (Å²) < 4.78 is 4.88. The molecule has 0 radical (unpaired) electrons. The van der Waals surface area contributed by atoms with Gasteiger partial charge in [0.2, 0.25) is 5.82 Å². The molecule has 84 valence electrons. The molecule has 0 saturated heterocycles. The van der Waals surface area contributed by atoms with Gasteiger partial charge in [0.1, 0.15) is 5.69 Å². The van der Waals surface area contributed by atoms with Crippen molar-refractivity contribution in [2.24, 2.45) is 0 Å². The number of aryl methyl sites for hydroxylation is 1. The highest BCUT2D eigenvalue weighted by Crippen LogP contribution is 2.25. The van der Waals surface area contributed by atoms with Crippen molar-refractivity contribution in [3.05, 3.63) is 29.0 Å². The highest BCUT2D eigenvalue weighted by molar-refractivity contribution is 7.13. The minimum absolute atomic E-state index is 0.266. The maximum Gasteiger partial charge on any atom is 0.374 e. The summed E-state index contributed by atoms with van der Waals surface area (Å²) in [6, 6.07) is 3.93. The molecule has 16 heavy (non-hydrogen) atoms. The summed E-state index contributed by atoms with van der Waals surface area (Å²) in [4.78, 5) is 19.7. The van der Waals surface area contributed by atoms with E-state index < -0.39 is 5.97 Å². The molecule has 1 N–H and O–H groups in total. The van der Waals surface area contributed by atoms with Gasteiger partial charge in [-0.1, -0.05) is 6.07 Å². The lowest BCUT2D eigenvalue weighted by molar-refractivity contribution is 0.0513. The summed E-state index contributed by atoms with van der Waals surface area (Å²) in [5.74, 6) is -0.142. The van der Waals surface area contributed by atoms with Crippen molar-refractivity contribution in [3.8, 4) is 10.6 Å². The van der Waals surface area contributed by atoms with Crippen LogP contribution in [-0.4, -0.2) is 22.5 Å². The molecule has 2 heterocycles. The molecular weight excluding hydrogens is 224 g/mol. The highest BCUT2D eigenvalue weighted by atomic mass is 32.1. The predicted molar refractivity (Wildman–Crippen MR) is 62.6 cm³/mol. The number of ether oxygens (including phenoxy) is 1. The number of aromatic amines is 1. The predicted octanol–water partition coefficient (Wildman–Crippen LogP) is 2.62. The molecule has 0 saturated carbocycles. The van der Waals surface area contributed by atoms with Gasteiger partial charge in [-0.15, -0.1) is 11.3 Å². The Morgan fingerprint density at radius 2 is 2.44 bits per heavy atom. The van der Waals surface area contributed by atoms with Gasteiger partial charge in [0.15, 0.2) is 0 Å². The molecule has 2 aromatic rings. The number of rotatable bonds is 3. The minimum atomic E-state index is -0.409. The fraction of sp³-hybridized carbons (Fsp3) is 0.273. The van der Waals surface area contributed by atoms with Crippen molar-refractivity contribution >= 4 is 17.3 Å². The Morgan fingerprint density at radius 3 is 3.06 bits per heavy atom. The molecular formula is C11H12N2O2S. The van der Waals surface area contributed by atoms with Crippen LogP contribution in [0.3, 0.4) is 0 Å². The SMILES string of the molecule is CCOC(=O)c1nc(-c2cccs2)c(C)[nH]1. The van der Waals surface area contributed by atoms with Gasteiger partial charge < -0.3 is 9.72 Å². The number of thiophene rings is 1. The van der Waals surface area contributed by atoms with Gasteiger partial charge in [0.25, 0.3) is 0 Å². The number of aromatic nitrogens is 2. The minimum Gasteiger partial charge on any atom is -0.460 e. The van der Waals surface area contributed by atoms with Crippen LogP contribution in [0.15, 0.2) is 17.5 Å². The summed E-state index contributed by atoms with van der Waals surface area (Å²) in [6.07, 6.45) is 0. The van der Waals surface area contributed by atoms with Crippen LogP contribution in [0.1, 0.15) is 23.2 Å². The van der Waals surface area contributed by atoms with E-state index in [-0.39, 0.29) is 5.82 Å². The summed E-state index contributed by atoms with van der Waals surface area (Å²) in [5.41, 5.74) is 1.70. The first-order chi connectivity index (χ1) is 7.72. The van der Waals surface area contributed by atoms with E-state index in [9.17, 15) is 4.79 Å². The van der Waals surface area contributed by atoms with Crippen LogP contribution in [0.2, 0.25) is 0 Å². The summed E-state index contributed by atoms with van der Waals surface area (Å²) in [6.45, 7) is 4.02. The van der Waals surface area contributed by atoms with E-state index in [0.29, 0.717) is 6.61 Å². The van der Waals surface area contributed by atoms with Crippen molar-refractivity contribution in [1.82, 2.24) is 9.97 Å². The van der Waals surface area contributed by atoms with E-state index in [2.05, 4.69) is 9.97 Å². The molecule has 0 fully saturated rings. The molecule has 2 rings (SSSR count). The zero-order chi connectivity index (χ0) is 11.5. The third kappa shape index (κ3) is 1.99. The maximum absolute atomic E-state index is 11.5. The largest absolute Gasteiger partial charge is 0.460 e. The third-order valence-electron chi connectivity index (χ3n) is 2.11. The topological polar surface area (TPSA) is 55.0 Å². The van der Waals surface area contributed by atoms with Gasteiger partial charge in [0.05, 0.1) is 11.5 Å². The summed E-state index contributed by atoms with van der Waals surface area (Å²) in [5, 5.41) is 1.98. The van der Waals surface area contributed by atoms with Crippen LogP contribution in [0, 0.1) is 6.92 Å². The number of hydrogen-bond donors (Lipinski definition) is 1. The number of carbonyl (C=O) groups excluding carboxylic acids is 1. The van der Waals surface area contributed by atoms with Crippen molar-refractivity contribution in [3.63, 3.8) is 0 Å². The Morgan fingerprint density at radius 1 is 1.62 bits per heavy atom. The molecule has 0 amide bonds. The first-order valence-corrected chi connectivity index (χ1v) is 5.88. The number of hydrogen-bond acceptors (Lipinski definition) is 4. The average molecular weight is 236 g/mol. The molecule has 0 atom stereocenters. The molecule has 5 heteroatoms. The van der Waals surface area contributed by atoms with E-state index in [0.717, 1.165) is 16.3 Å². The van der Waals surface area contributed by atoms with E-state index in [1.165, 1.54) is 0 Å². The number of imidazole rings is 1. The van der Waals surface area contributed by atoms with E-state index in [1.807, 2.05) is 24.4 Å². The zero-order valence-electron chi connectivity index (χ0n) is 9.11. The lowest BCUT2D eigenvalue weighted by Gasteiger charge is -1.95. The van der Waals surface area contributed by atoms with Crippen LogP contribution in [-0.2, 0) is 4.74 Å². The van der Waals surface area contributed by atoms with Gasteiger partial charge in [-0.05, 0) is 25.3 Å². The van der Waals surface area contributed by atoms with Crippen LogP contribution < -0.4 is 0 Å². The molecule has 2 aromatic heterocycles. The van der Waals surface area contributed by atoms with E-state index in [1.54, 1.807) is 18.3 Å². The molecule has 0 aliphatic rings. The molecule has 4 nitrogen and oxygen atoms in total. The Bertz CT molecular complexity index is 488. The number of esters is 1. The lowest BCUT2D eigenvalue weighted by Crippen LogP contribution is -2.06. The van der Waals surface area contributed by atoms with Crippen molar-refractivity contribution < 1.29 is 9.53 Å². The van der Waals surface area contributed by atoms with Crippen LogP contribution in [0.5, 0.6) is 0 Å². The van der Waals surface area contributed by atoms with Crippen molar-refractivity contribution in [1.29, 1.82) is 0 Å². The Balaban J connectivity index is 2.32. The van der Waals surface area contributed by atoms with Crippen molar-refractivity contribution in [2.45, 2.75) is 13.8 Å². The maximum atomic E-state index is 11.5.